The van der Waals surface area contributed by atoms with Gasteiger partial charge in [0.05, 0.1) is 15.6 Å². The number of likely N-dealkylation sites (tertiary alicyclic amines) is 1. The number of nitrogens with zero attached hydrogens (tertiary/aromatic N) is 1. The maximum Gasteiger partial charge on any atom is 0.271 e. The second kappa shape index (κ2) is 9.47. The molecule has 5 atom stereocenters. The van der Waals surface area contributed by atoms with Crippen molar-refractivity contribution in [1.82, 2.24) is 15.2 Å². The Labute approximate surface area is 212 Å². The van der Waals surface area contributed by atoms with Gasteiger partial charge in [0.1, 0.15) is 23.6 Å². The van der Waals surface area contributed by atoms with Crippen molar-refractivity contribution in [3.05, 3.63) is 33.9 Å². The molecule has 1 aromatic heterocycles. The molecule has 0 spiro atoms. The quantitative estimate of drug-likeness (QED) is 0.541. The number of hydrogen-bond donors (Lipinski definition) is 3. The van der Waals surface area contributed by atoms with Crippen LogP contribution in [-0.2, 0) is 14.4 Å². The van der Waals surface area contributed by atoms with Crippen LogP contribution < -0.4 is 11.1 Å². The van der Waals surface area contributed by atoms with E-state index in [1.54, 1.807) is 23.1 Å². The lowest BCUT2D eigenvalue weighted by atomic mass is 9.92. The summed E-state index contributed by atoms with van der Waals surface area (Å²) < 4.78 is 0. The molecule has 3 amide bonds. The number of fused-ring (bicyclic) bond motifs is 2. The molecule has 0 bridgehead atoms. The number of aromatic amines is 1. The SMILES string of the molecule is NC(=O)[C@H](C[C@@H]1CCCC1=O)NC(=O)[C@@H]1[C@H]2CCC[C@H]2CN1C(=O)c1cc2c(Cl)ccc(Cl)c2[nH]1. The van der Waals surface area contributed by atoms with Crippen LogP contribution in [0.25, 0.3) is 10.9 Å². The number of carbonyl (C=O) groups is 4. The molecule has 2 aliphatic carbocycles. The summed E-state index contributed by atoms with van der Waals surface area (Å²) in [5.74, 6) is -1.31. The number of carbonyl (C=O) groups excluding carboxylic acids is 4. The summed E-state index contributed by atoms with van der Waals surface area (Å²) in [4.78, 5) is 56.1. The van der Waals surface area contributed by atoms with Gasteiger partial charge in [-0.2, -0.15) is 0 Å². The van der Waals surface area contributed by atoms with Crippen molar-refractivity contribution in [2.24, 2.45) is 23.5 Å². The van der Waals surface area contributed by atoms with Crippen LogP contribution in [0.15, 0.2) is 18.2 Å². The van der Waals surface area contributed by atoms with Crippen molar-refractivity contribution in [2.45, 2.75) is 57.0 Å². The van der Waals surface area contributed by atoms with E-state index in [2.05, 4.69) is 10.3 Å². The molecule has 3 aliphatic rings. The first-order valence-corrected chi connectivity index (χ1v) is 12.9. The second-order valence-corrected chi connectivity index (χ2v) is 10.8. The maximum atomic E-state index is 13.6. The van der Waals surface area contributed by atoms with Crippen LogP contribution in [0.4, 0.5) is 0 Å². The molecule has 10 heteroatoms. The van der Waals surface area contributed by atoms with E-state index in [1.165, 1.54) is 0 Å². The number of aromatic nitrogens is 1. The largest absolute Gasteiger partial charge is 0.368 e. The summed E-state index contributed by atoms with van der Waals surface area (Å²) in [7, 11) is 0. The number of benzene rings is 1. The number of nitrogens with one attached hydrogen (secondary N) is 2. The Bertz CT molecular complexity index is 1170. The van der Waals surface area contributed by atoms with Crippen molar-refractivity contribution < 1.29 is 19.2 Å². The number of primary amides is 1. The monoisotopic (exact) mass is 518 g/mol. The minimum absolute atomic E-state index is 0.0112. The van der Waals surface area contributed by atoms with E-state index < -0.39 is 23.9 Å². The Hall–Kier alpha value is -2.58. The van der Waals surface area contributed by atoms with Crippen molar-refractivity contribution >= 4 is 57.6 Å². The van der Waals surface area contributed by atoms with Gasteiger partial charge in [0.15, 0.2) is 0 Å². The van der Waals surface area contributed by atoms with E-state index in [0.717, 1.165) is 25.7 Å². The molecule has 5 rings (SSSR count). The van der Waals surface area contributed by atoms with Crippen molar-refractivity contribution in [2.75, 3.05) is 6.54 Å². The van der Waals surface area contributed by atoms with Crippen LogP contribution in [0.2, 0.25) is 10.0 Å². The van der Waals surface area contributed by atoms with Gasteiger partial charge in [-0.25, -0.2) is 0 Å². The summed E-state index contributed by atoms with van der Waals surface area (Å²) in [6, 6.07) is 3.33. The highest BCUT2D eigenvalue weighted by Crippen LogP contribution is 2.43. The fourth-order valence-corrected chi connectivity index (χ4v) is 6.62. The molecule has 8 nitrogen and oxygen atoms in total. The topological polar surface area (TPSA) is 125 Å². The first-order valence-electron chi connectivity index (χ1n) is 12.1. The number of nitrogens with two attached hydrogens (primary N) is 1. The van der Waals surface area contributed by atoms with E-state index in [1.807, 2.05) is 0 Å². The highest BCUT2D eigenvalue weighted by Gasteiger charge is 2.50. The van der Waals surface area contributed by atoms with E-state index in [4.69, 9.17) is 28.9 Å². The zero-order chi connectivity index (χ0) is 24.9. The Kier molecular flexibility index (Phi) is 6.53. The zero-order valence-electron chi connectivity index (χ0n) is 19.2. The molecule has 1 aromatic carbocycles. The van der Waals surface area contributed by atoms with Gasteiger partial charge in [0, 0.05) is 24.3 Å². The lowest BCUT2D eigenvalue weighted by molar-refractivity contribution is -0.131. The predicted molar refractivity (Wildman–Crippen MR) is 132 cm³/mol. The van der Waals surface area contributed by atoms with Crippen LogP contribution in [-0.4, -0.2) is 52.0 Å². The summed E-state index contributed by atoms with van der Waals surface area (Å²) in [6.07, 6.45) is 4.95. The molecule has 186 valence electrons. The summed E-state index contributed by atoms with van der Waals surface area (Å²) >= 11 is 12.6. The molecule has 35 heavy (non-hydrogen) atoms. The van der Waals surface area contributed by atoms with Crippen LogP contribution >= 0.6 is 23.2 Å². The summed E-state index contributed by atoms with van der Waals surface area (Å²) in [5, 5.41) is 4.34. The fourth-order valence-electron chi connectivity index (χ4n) is 6.20. The molecule has 2 saturated carbocycles. The van der Waals surface area contributed by atoms with Gasteiger partial charge < -0.3 is 20.9 Å². The number of halogens is 2. The van der Waals surface area contributed by atoms with Gasteiger partial charge in [-0.15, -0.1) is 0 Å². The first kappa shape index (κ1) is 24.1. The number of rotatable bonds is 6. The lowest BCUT2D eigenvalue weighted by Gasteiger charge is -2.28. The standard InChI is InChI=1S/C25H28Cl2N4O4/c26-16-7-8-17(27)21-15(16)10-19(29-21)25(35)31-11-13-4-1-5-14(13)22(31)24(34)30-18(23(28)33)9-12-3-2-6-20(12)32/h7-8,10,12-14,18,22,29H,1-6,9,11H2,(H2,28,33)(H,30,34)/t12-,13-,14-,18-,22-/m0/s1. The van der Waals surface area contributed by atoms with Crippen LogP contribution in [0.3, 0.4) is 0 Å². The van der Waals surface area contributed by atoms with Gasteiger partial charge in [-0.1, -0.05) is 29.6 Å². The Morgan fingerprint density at radius 2 is 1.91 bits per heavy atom. The summed E-state index contributed by atoms with van der Waals surface area (Å²) in [5.41, 5.74) is 6.46. The molecule has 0 unspecified atom stereocenters. The van der Waals surface area contributed by atoms with E-state index in [9.17, 15) is 19.2 Å². The highest BCUT2D eigenvalue weighted by atomic mass is 35.5. The molecule has 0 radical (unpaired) electrons. The number of ketones is 1. The molecule has 2 heterocycles. The zero-order valence-corrected chi connectivity index (χ0v) is 20.7. The van der Waals surface area contributed by atoms with Gasteiger partial charge in [0.2, 0.25) is 11.8 Å². The minimum Gasteiger partial charge on any atom is -0.368 e. The van der Waals surface area contributed by atoms with Crippen LogP contribution in [0.1, 0.15) is 55.4 Å². The van der Waals surface area contributed by atoms with Crippen LogP contribution in [0.5, 0.6) is 0 Å². The minimum atomic E-state index is -0.947. The molecule has 1 aliphatic heterocycles. The molecule has 3 fully saturated rings. The molecule has 2 aromatic rings. The predicted octanol–water partition coefficient (Wildman–Crippen LogP) is 3.44. The molecular formula is C25H28Cl2N4O4. The Morgan fingerprint density at radius 3 is 2.60 bits per heavy atom. The smallest absolute Gasteiger partial charge is 0.271 e. The first-order chi connectivity index (χ1) is 16.7. The highest BCUT2D eigenvalue weighted by molar-refractivity contribution is 6.40. The second-order valence-electron chi connectivity index (χ2n) is 10.0. The van der Waals surface area contributed by atoms with E-state index >= 15 is 0 Å². The van der Waals surface area contributed by atoms with Crippen LogP contribution in [0, 0.1) is 17.8 Å². The number of hydrogen-bond acceptors (Lipinski definition) is 4. The third kappa shape index (κ3) is 4.42. The van der Waals surface area contributed by atoms with Crippen molar-refractivity contribution in [1.29, 1.82) is 0 Å². The number of amides is 3. The average molecular weight is 519 g/mol. The van der Waals surface area contributed by atoms with Gasteiger partial charge >= 0.3 is 0 Å². The normalized spacial score (nSPS) is 26.8. The van der Waals surface area contributed by atoms with Crippen molar-refractivity contribution in [3.8, 4) is 0 Å². The fraction of sp³-hybridized carbons (Fsp3) is 0.520. The Morgan fingerprint density at radius 1 is 1.14 bits per heavy atom. The molecule has 4 N–H and O–H groups in total. The van der Waals surface area contributed by atoms with Gasteiger partial charge in [-0.3, -0.25) is 19.2 Å². The van der Waals surface area contributed by atoms with Gasteiger partial charge in [-0.05, 0) is 62.1 Å². The molecule has 1 saturated heterocycles. The maximum absolute atomic E-state index is 13.6. The summed E-state index contributed by atoms with van der Waals surface area (Å²) in [6.45, 7) is 0.459. The number of Topliss-reactive ketones (excluding diaryl/α,β-unsaturated/α-hetero) is 1. The third-order valence-corrected chi connectivity index (χ3v) is 8.60. The number of H-pyrrole nitrogens is 1. The van der Waals surface area contributed by atoms with Gasteiger partial charge in [0.25, 0.3) is 5.91 Å². The average Bonchev–Trinajstić information content (AvgIpc) is 3.59. The van der Waals surface area contributed by atoms with E-state index in [0.29, 0.717) is 46.0 Å². The molecular weight excluding hydrogens is 491 g/mol. The lowest BCUT2D eigenvalue weighted by Crippen LogP contribution is -2.54. The van der Waals surface area contributed by atoms with E-state index in [-0.39, 0.29) is 35.9 Å². The Balaban J connectivity index is 1.40. The van der Waals surface area contributed by atoms with Crippen molar-refractivity contribution in [3.63, 3.8) is 0 Å². The third-order valence-electron chi connectivity index (χ3n) is 7.95.